The normalized spacial score (nSPS) is 17.9. The third-order valence-electron chi connectivity index (χ3n) is 3.31. The molecule has 102 valence electrons. The molecule has 2 aromatic rings. The van der Waals surface area contributed by atoms with Crippen LogP contribution in [0.2, 0.25) is 4.34 Å². The van der Waals surface area contributed by atoms with E-state index in [9.17, 15) is 0 Å². The molecule has 3 rings (SSSR count). The highest BCUT2D eigenvalue weighted by molar-refractivity contribution is 7.10. The lowest BCUT2D eigenvalue weighted by molar-refractivity contribution is 0.122. The zero-order valence-electron chi connectivity index (χ0n) is 10.5. The van der Waals surface area contributed by atoms with Crippen LogP contribution in [-0.2, 0) is 13.1 Å². The Morgan fingerprint density at radius 2 is 1.89 bits per heavy atom. The number of aromatic nitrogens is 2. The molecule has 0 unspecified atom stereocenters. The van der Waals surface area contributed by atoms with Gasteiger partial charge in [-0.05, 0) is 11.4 Å². The first kappa shape index (κ1) is 13.5. The molecular formula is C12H15ClN4S2. The van der Waals surface area contributed by atoms with Crippen LogP contribution >= 0.6 is 34.5 Å². The molecular weight excluding hydrogens is 300 g/mol. The number of halogens is 1. The second kappa shape index (κ2) is 6.28. The highest BCUT2D eigenvalue weighted by Gasteiger charge is 2.19. The van der Waals surface area contributed by atoms with Gasteiger partial charge in [0.2, 0.25) is 0 Å². The Bertz CT molecular complexity index is 506. The van der Waals surface area contributed by atoms with E-state index < -0.39 is 0 Å². The first-order valence-electron chi connectivity index (χ1n) is 6.25. The molecule has 1 fully saturated rings. The van der Waals surface area contributed by atoms with E-state index in [0.717, 1.165) is 49.3 Å². The Balaban J connectivity index is 1.48. The first-order valence-corrected chi connectivity index (χ1v) is 8.28. The molecule has 0 bridgehead atoms. The van der Waals surface area contributed by atoms with E-state index in [2.05, 4.69) is 36.9 Å². The largest absolute Gasteiger partial charge is 0.296 e. The van der Waals surface area contributed by atoms with Crippen molar-refractivity contribution in [3.63, 3.8) is 0 Å². The van der Waals surface area contributed by atoms with Crippen molar-refractivity contribution < 1.29 is 0 Å². The van der Waals surface area contributed by atoms with Crippen molar-refractivity contribution in [3.05, 3.63) is 32.4 Å². The molecule has 2 aromatic heterocycles. The predicted octanol–water partition coefficient (Wildman–Crippen LogP) is 2.57. The fourth-order valence-corrected chi connectivity index (χ4v) is 3.59. The Kier molecular flexibility index (Phi) is 4.45. The van der Waals surface area contributed by atoms with Crippen molar-refractivity contribution in [2.24, 2.45) is 0 Å². The monoisotopic (exact) mass is 314 g/mol. The van der Waals surface area contributed by atoms with Crippen molar-refractivity contribution in [1.82, 2.24) is 19.4 Å². The number of hydrogen-bond donors (Lipinski definition) is 0. The van der Waals surface area contributed by atoms with E-state index in [0.29, 0.717) is 0 Å². The SMILES string of the molecule is Clc1snnc1CN1CCN(Cc2cccs2)CC1. The van der Waals surface area contributed by atoms with Gasteiger partial charge >= 0.3 is 0 Å². The van der Waals surface area contributed by atoms with Crippen LogP contribution in [-0.4, -0.2) is 45.6 Å². The summed E-state index contributed by atoms with van der Waals surface area (Å²) in [5.74, 6) is 0. The highest BCUT2D eigenvalue weighted by Crippen LogP contribution is 2.20. The number of nitrogens with zero attached hydrogens (tertiary/aromatic N) is 4. The molecule has 0 saturated carbocycles. The standard InChI is InChI=1S/C12H15ClN4S2/c13-12-11(14-15-19-12)9-17-5-3-16(4-6-17)8-10-2-1-7-18-10/h1-2,7H,3-6,8-9H2. The van der Waals surface area contributed by atoms with Gasteiger partial charge < -0.3 is 0 Å². The molecule has 0 atom stereocenters. The Labute approximate surface area is 125 Å². The van der Waals surface area contributed by atoms with Crippen LogP contribution in [0, 0.1) is 0 Å². The fourth-order valence-electron chi connectivity index (χ4n) is 2.23. The van der Waals surface area contributed by atoms with Crippen LogP contribution in [0.4, 0.5) is 0 Å². The highest BCUT2D eigenvalue weighted by atomic mass is 35.5. The summed E-state index contributed by atoms with van der Waals surface area (Å²) in [7, 11) is 0. The van der Waals surface area contributed by atoms with Crippen molar-refractivity contribution in [2.75, 3.05) is 26.2 Å². The minimum Gasteiger partial charge on any atom is -0.296 e. The predicted molar refractivity (Wildman–Crippen MR) is 79.8 cm³/mol. The lowest BCUT2D eigenvalue weighted by atomic mass is 10.3. The maximum Gasteiger partial charge on any atom is 0.138 e. The van der Waals surface area contributed by atoms with Gasteiger partial charge in [0.15, 0.2) is 0 Å². The molecule has 7 heteroatoms. The van der Waals surface area contributed by atoms with Gasteiger partial charge in [0.05, 0.1) is 0 Å². The van der Waals surface area contributed by atoms with E-state index in [1.165, 1.54) is 16.4 Å². The summed E-state index contributed by atoms with van der Waals surface area (Å²) in [5.41, 5.74) is 0.915. The maximum atomic E-state index is 6.04. The molecule has 19 heavy (non-hydrogen) atoms. The van der Waals surface area contributed by atoms with Gasteiger partial charge in [0.25, 0.3) is 0 Å². The van der Waals surface area contributed by atoms with Gasteiger partial charge in [-0.1, -0.05) is 22.2 Å². The van der Waals surface area contributed by atoms with Crippen LogP contribution in [0.15, 0.2) is 17.5 Å². The molecule has 1 aliphatic rings. The van der Waals surface area contributed by atoms with Crippen LogP contribution in [0.3, 0.4) is 0 Å². The van der Waals surface area contributed by atoms with E-state index in [4.69, 9.17) is 11.6 Å². The van der Waals surface area contributed by atoms with Crippen LogP contribution in [0.25, 0.3) is 0 Å². The second-order valence-electron chi connectivity index (χ2n) is 4.62. The number of rotatable bonds is 4. The molecule has 0 aliphatic carbocycles. The maximum absolute atomic E-state index is 6.04. The third kappa shape index (κ3) is 3.52. The topological polar surface area (TPSA) is 32.3 Å². The lowest BCUT2D eigenvalue weighted by Gasteiger charge is -2.34. The Hall–Kier alpha value is -0.530. The number of piperazine rings is 1. The van der Waals surface area contributed by atoms with E-state index >= 15 is 0 Å². The number of thiophene rings is 1. The second-order valence-corrected chi connectivity index (χ2v) is 7.01. The first-order chi connectivity index (χ1) is 9.31. The average molecular weight is 315 g/mol. The molecule has 0 aromatic carbocycles. The van der Waals surface area contributed by atoms with Crippen LogP contribution in [0.1, 0.15) is 10.6 Å². The molecule has 0 radical (unpaired) electrons. The summed E-state index contributed by atoms with van der Waals surface area (Å²) in [6.45, 7) is 6.24. The van der Waals surface area contributed by atoms with E-state index in [1.807, 2.05) is 11.3 Å². The van der Waals surface area contributed by atoms with Crippen molar-refractivity contribution in [3.8, 4) is 0 Å². The summed E-state index contributed by atoms with van der Waals surface area (Å²) in [5, 5.41) is 6.21. The summed E-state index contributed by atoms with van der Waals surface area (Å²) in [6, 6.07) is 4.32. The summed E-state index contributed by atoms with van der Waals surface area (Å²) in [6.07, 6.45) is 0. The molecule has 3 heterocycles. The zero-order chi connectivity index (χ0) is 13.1. The minimum atomic E-state index is 0.723. The molecule has 0 N–H and O–H groups in total. The molecule has 4 nitrogen and oxygen atoms in total. The van der Waals surface area contributed by atoms with Crippen LogP contribution in [0.5, 0.6) is 0 Å². The number of hydrogen-bond acceptors (Lipinski definition) is 6. The quantitative estimate of drug-likeness (QED) is 0.868. The van der Waals surface area contributed by atoms with E-state index in [-0.39, 0.29) is 0 Å². The van der Waals surface area contributed by atoms with Crippen molar-refractivity contribution in [2.45, 2.75) is 13.1 Å². The van der Waals surface area contributed by atoms with Gasteiger partial charge in [-0.3, -0.25) is 9.80 Å². The molecule has 0 spiro atoms. The summed E-state index contributed by atoms with van der Waals surface area (Å²) in [4.78, 5) is 6.34. The average Bonchev–Trinajstić information content (AvgIpc) is 3.05. The van der Waals surface area contributed by atoms with Gasteiger partial charge in [0, 0.05) is 55.7 Å². The third-order valence-corrected chi connectivity index (χ3v) is 5.15. The van der Waals surface area contributed by atoms with Crippen molar-refractivity contribution in [1.29, 1.82) is 0 Å². The lowest BCUT2D eigenvalue weighted by Crippen LogP contribution is -2.45. The zero-order valence-corrected chi connectivity index (χ0v) is 12.8. The minimum absolute atomic E-state index is 0.723. The summed E-state index contributed by atoms with van der Waals surface area (Å²) < 4.78 is 4.60. The fraction of sp³-hybridized carbons (Fsp3) is 0.500. The molecule has 0 amide bonds. The Morgan fingerprint density at radius 1 is 1.16 bits per heavy atom. The molecule has 1 saturated heterocycles. The summed E-state index contributed by atoms with van der Waals surface area (Å²) >= 11 is 9.14. The van der Waals surface area contributed by atoms with Crippen molar-refractivity contribution >= 4 is 34.5 Å². The van der Waals surface area contributed by atoms with Crippen LogP contribution < -0.4 is 0 Å². The van der Waals surface area contributed by atoms with Gasteiger partial charge in [-0.25, -0.2) is 0 Å². The Morgan fingerprint density at radius 3 is 2.47 bits per heavy atom. The molecule has 1 aliphatic heterocycles. The smallest absolute Gasteiger partial charge is 0.138 e. The van der Waals surface area contributed by atoms with Gasteiger partial charge in [-0.15, -0.1) is 16.4 Å². The van der Waals surface area contributed by atoms with Gasteiger partial charge in [0.1, 0.15) is 10.0 Å². The van der Waals surface area contributed by atoms with Gasteiger partial charge in [-0.2, -0.15) is 0 Å². The van der Waals surface area contributed by atoms with E-state index in [1.54, 1.807) is 0 Å².